The van der Waals surface area contributed by atoms with E-state index in [9.17, 15) is 4.79 Å². The number of nitrogens with zero attached hydrogens (tertiary/aromatic N) is 1. The molecule has 1 atom stereocenters. The van der Waals surface area contributed by atoms with Crippen LogP contribution in [-0.4, -0.2) is 44.0 Å². The molecule has 2 aromatic carbocycles. The molecule has 0 aliphatic heterocycles. The van der Waals surface area contributed by atoms with Gasteiger partial charge in [0.1, 0.15) is 12.4 Å². The van der Waals surface area contributed by atoms with Crippen molar-refractivity contribution in [3.8, 4) is 5.75 Å². The first kappa shape index (κ1) is 17.2. The van der Waals surface area contributed by atoms with Crippen molar-refractivity contribution in [1.29, 1.82) is 0 Å². The molecule has 2 rings (SSSR count). The van der Waals surface area contributed by atoms with E-state index >= 15 is 0 Å². The van der Waals surface area contributed by atoms with Gasteiger partial charge in [-0.1, -0.05) is 30.3 Å². The van der Waals surface area contributed by atoms with E-state index in [4.69, 9.17) is 10.5 Å². The average Bonchev–Trinajstić information content (AvgIpc) is 2.55. The molecule has 0 saturated carbocycles. The van der Waals surface area contributed by atoms with E-state index in [2.05, 4.69) is 4.90 Å². The second kappa shape index (κ2) is 8.46. The highest BCUT2D eigenvalue weighted by atomic mass is 16.5. The Labute approximate surface area is 137 Å². The molecule has 4 heteroatoms. The molecule has 0 amide bonds. The highest BCUT2D eigenvalue weighted by Gasteiger charge is 2.16. The number of nitrogens with two attached hydrogens (primary N) is 1. The highest BCUT2D eigenvalue weighted by molar-refractivity contribution is 6.00. The van der Waals surface area contributed by atoms with E-state index in [0.29, 0.717) is 18.6 Å². The minimum atomic E-state index is -0.530. The summed E-state index contributed by atoms with van der Waals surface area (Å²) in [5.74, 6) is 0.716. The summed E-state index contributed by atoms with van der Waals surface area (Å²) in [6, 6.07) is 16.5. The van der Waals surface area contributed by atoms with Crippen LogP contribution in [0, 0.1) is 0 Å². The topological polar surface area (TPSA) is 55.6 Å². The fourth-order valence-corrected chi connectivity index (χ4v) is 2.24. The molecule has 0 aromatic heterocycles. The van der Waals surface area contributed by atoms with Crippen LogP contribution in [0.25, 0.3) is 0 Å². The van der Waals surface area contributed by atoms with E-state index in [1.54, 1.807) is 12.1 Å². The molecule has 2 aromatic rings. The van der Waals surface area contributed by atoms with Gasteiger partial charge in [-0.25, -0.2) is 0 Å². The van der Waals surface area contributed by atoms with Crippen molar-refractivity contribution in [3.05, 3.63) is 65.7 Å². The van der Waals surface area contributed by atoms with Crippen molar-refractivity contribution >= 4 is 5.78 Å². The van der Waals surface area contributed by atoms with E-state index in [1.807, 2.05) is 56.6 Å². The van der Waals surface area contributed by atoms with Crippen LogP contribution >= 0.6 is 0 Å². The van der Waals surface area contributed by atoms with Crippen LogP contribution in [0.1, 0.15) is 15.9 Å². The third kappa shape index (κ3) is 5.51. The lowest BCUT2D eigenvalue weighted by Gasteiger charge is -2.13. The third-order valence-electron chi connectivity index (χ3n) is 3.58. The van der Waals surface area contributed by atoms with Gasteiger partial charge in [-0.15, -0.1) is 0 Å². The summed E-state index contributed by atoms with van der Waals surface area (Å²) in [6.45, 7) is 1.47. The van der Waals surface area contributed by atoms with Crippen LogP contribution in [0.5, 0.6) is 5.75 Å². The van der Waals surface area contributed by atoms with Crippen molar-refractivity contribution in [2.24, 2.45) is 5.73 Å². The Morgan fingerprint density at radius 3 is 2.35 bits per heavy atom. The van der Waals surface area contributed by atoms with Gasteiger partial charge < -0.3 is 15.4 Å². The summed E-state index contributed by atoms with van der Waals surface area (Å²) in [6.07, 6.45) is 0.542. The van der Waals surface area contributed by atoms with Crippen molar-refractivity contribution < 1.29 is 9.53 Å². The SMILES string of the molecule is CN(C)CCOc1ccc(C(=O)[C@@H](N)Cc2ccccc2)cc1. The molecule has 0 aliphatic rings. The summed E-state index contributed by atoms with van der Waals surface area (Å²) in [4.78, 5) is 14.4. The van der Waals surface area contributed by atoms with Gasteiger partial charge in [-0.2, -0.15) is 0 Å². The molecule has 0 radical (unpaired) electrons. The Balaban J connectivity index is 1.91. The first-order valence-electron chi connectivity index (χ1n) is 7.77. The van der Waals surface area contributed by atoms with Crippen molar-refractivity contribution in [1.82, 2.24) is 4.90 Å². The quantitative estimate of drug-likeness (QED) is 0.760. The van der Waals surface area contributed by atoms with E-state index in [-0.39, 0.29) is 5.78 Å². The Kier molecular flexibility index (Phi) is 6.32. The monoisotopic (exact) mass is 312 g/mol. The van der Waals surface area contributed by atoms with Gasteiger partial charge in [0.05, 0.1) is 6.04 Å². The second-order valence-electron chi connectivity index (χ2n) is 5.84. The van der Waals surface area contributed by atoms with Crippen LogP contribution in [0.15, 0.2) is 54.6 Å². The van der Waals surface area contributed by atoms with Crippen LogP contribution in [0.2, 0.25) is 0 Å². The van der Waals surface area contributed by atoms with E-state index in [1.165, 1.54) is 0 Å². The lowest BCUT2D eigenvalue weighted by molar-refractivity contribution is 0.0961. The largest absolute Gasteiger partial charge is 0.492 e. The maximum atomic E-state index is 12.4. The lowest BCUT2D eigenvalue weighted by atomic mass is 9.98. The molecule has 4 nitrogen and oxygen atoms in total. The molecule has 0 aliphatic carbocycles. The zero-order chi connectivity index (χ0) is 16.7. The smallest absolute Gasteiger partial charge is 0.179 e. The number of hydrogen-bond donors (Lipinski definition) is 1. The Hall–Kier alpha value is -2.17. The molecule has 0 spiro atoms. The predicted molar refractivity (Wildman–Crippen MR) is 92.9 cm³/mol. The molecule has 122 valence electrons. The summed E-state index contributed by atoms with van der Waals surface area (Å²) >= 11 is 0. The van der Waals surface area contributed by atoms with Gasteiger partial charge in [0.15, 0.2) is 5.78 Å². The molecule has 2 N–H and O–H groups in total. The number of benzene rings is 2. The molecule has 0 unspecified atom stereocenters. The number of carbonyl (C=O) groups excluding carboxylic acids is 1. The first-order chi connectivity index (χ1) is 11.1. The zero-order valence-electron chi connectivity index (χ0n) is 13.7. The van der Waals surface area contributed by atoms with Crippen LogP contribution in [0.3, 0.4) is 0 Å². The number of carbonyl (C=O) groups is 1. The Morgan fingerprint density at radius 1 is 1.09 bits per heavy atom. The maximum absolute atomic E-state index is 12.4. The lowest BCUT2D eigenvalue weighted by Crippen LogP contribution is -2.32. The molecular weight excluding hydrogens is 288 g/mol. The summed E-state index contributed by atoms with van der Waals surface area (Å²) < 4.78 is 5.62. The molecule has 0 saturated heterocycles. The highest BCUT2D eigenvalue weighted by Crippen LogP contribution is 2.14. The predicted octanol–water partition coefficient (Wildman–Crippen LogP) is 2.38. The van der Waals surface area contributed by atoms with Gasteiger partial charge >= 0.3 is 0 Å². The Morgan fingerprint density at radius 2 is 1.74 bits per heavy atom. The van der Waals surface area contributed by atoms with Gasteiger partial charge in [0, 0.05) is 12.1 Å². The number of rotatable bonds is 8. The standard InChI is InChI=1S/C19H24N2O2/c1-21(2)12-13-23-17-10-8-16(9-11-17)19(22)18(20)14-15-6-4-3-5-7-15/h3-11,18H,12-14,20H2,1-2H3/t18-/m0/s1. The number of hydrogen-bond acceptors (Lipinski definition) is 4. The van der Waals surface area contributed by atoms with Gasteiger partial charge in [0.25, 0.3) is 0 Å². The fraction of sp³-hybridized carbons (Fsp3) is 0.316. The maximum Gasteiger partial charge on any atom is 0.179 e. The number of ether oxygens (including phenoxy) is 1. The van der Waals surface area contributed by atoms with E-state index < -0.39 is 6.04 Å². The molecule has 0 bridgehead atoms. The van der Waals surface area contributed by atoms with Crippen molar-refractivity contribution in [3.63, 3.8) is 0 Å². The normalized spacial score (nSPS) is 12.2. The summed E-state index contributed by atoms with van der Waals surface area (Å²) in [7, 11) is 4.00. The Bertz CT molecular complexity index is 609. The van der Waals surface area contributed by atoms with Gasteiger partial charge in [-0.05, 0) is 50.3 Å². The van der Waals surface area contributed by atoms with Crippen LogP contribution in [-0.2, 0) is 6.42 Å². The average molecular weight is 312 g/mol. The fourth-order valence-electron chi connectivity index (χ4n) is 2.24. The number of likely N-dealkylation sites (N-methyl/N-ethyl adjacent to an activating group) is 1. The van der Waals surface area contributed by atoms with E-state index in [0.717, 1.165) is 17.9 Å². The van der Waals surface area contributed by atoms with Crippen LogP contribution < -0.4 is 10.5 Å². The summed E-state index contributed by atoms with van der Waals surface area (Å²) in [5, 5.41) is 0. The molecule has 0 heterocycles. The minimum absolute atomic E-state index is 0.0475. The number of Topliss-reactive ketones (excluding diaryl/α,β-unsaturated/α-hetero) is 1. The third-order valence-corrected chi connectivity index (χ3v) is 3.58. The van der Waals surface area contributed by atoms with Gasteiger partial charge in [-0.3, -0.25) is 4.79 Å². The summed E-state index contributed by atoms with van der Waals surface area (Å²) in [5.41, 5.74) is 7.73. The van der Waals surface area contributed by atoms with Crippen LogP contribution in [0.4, 0.5) is 0 Å². The molecule has 23 heavy (non-hydrogen) atoms. The van der Waals surface area contributed by atoms with Gasteiger partial charge in [0.2, 0.25) is 0 Å². The second-order valence-corrected chi connectivity index (χ2v) is 5.84. The first-order valence-corrected chi connectivity index (χ1v) is 7.77. The minimum Gasteiger partial charge on any atom is -0.492 e. The number of ketones is 1. The van der Waals surface area contributed by atoms with Crippen molar-refractivity contribution in [2.45, 2.75) is 12.5 Å². The van der Waals surface area contributed by atoms with Crippen molar-refractivity contribution in [2.75, 3.05) is 27.2 Å². The zero-order valence-corrected chi connectivity index (χ0v) is 13.7. The molecular formula is C19H24N2O2. The molecule has 0 fully saturated rings.